The van der Waals surface area contributed by atoms with Crippen LogP contribution in [-0.2, 0) is 14.3 Å². The van der Waals surface area contributed by atoms with E-state index >= 15 is 8.78 Å². The Balaban J connectivity index is 1.36. The molecular formula is C23H26F2N6O6. The number of anilines is 2. The van der Waals surface area contributed by atoms with Crippen molar-refractivity contribution < 1.29 is 37.2 Å². The van der Waals surface area contributed by atoms with Crippen molar-refractivity contribution in [1.29, 1.82) is 0 Å². The number of amides is 4. The number of benzene rings is 1. The Morgan fingerprint density at radius 2 is 1.84 bits per heavy atom. The Bertz CT molecular complexity index is 1160. The molecular weight excluding hydrogens is 494 g/mol. The molecule has 2 saturated heterocycles. The van der Waals surface area contributed by atoms with E-state index in [2.05, 4.69) is 15.8 Å². The molecule has 2 N–H and O–H groups in total. The van der Waals surface area contributed by atoms with Crippen LogP contribution < -0.4 is 20.4 Å². The van der Waals surface area contributed by atoms with Crippen LogP contribution in [0.4, 0.5) is 25.0 Å². The van der Waals surface area contributed by atoms with Crippen molar-refractivity contribution in [2.45, 2.75) is 26.0 Å². The van der Waals surface area contributed by atoms with Crippen LogP contribution in [-0.4, -0.2) is 85.3 Å². The number of carbonyl (C=O) groups is 4. The number of hydrogen-bond acceptors (Lipinski definition) is 8. The summed E-state index contributed by atoms with van der Waals surface area (Å²) >= 11 is 0. The number of nitrogens with zero attached hydrogens (tertiary/aromatic N) is 4. The van der Waals surface area contributed by atoms with Crippen molar-refractivity contribution >= 4 is 35.2 Å². The predicted molar refractivity (Wildman–Crippen MR) is 125 cm³/mol. The van der Waals surface area contributed by atoms with E-state index in [0.29, 0.717) is 0 Å². The van der Waals surface area contributed by atoms with E-state index < -0.39 is 35.8 Å². The Kier molecular flexibility index (Phi) is 7.55. The van der Waals surface area contributed by atoms with Crippen molar-refractivity contribution in [3.63, 3.8) is 0 Å². The number of nitrogens with one attached hydrogen (secondary N) is 2. The van der Waals surface area contributed by atoms with Crippen LogP contribution in [0.3, 0.4) is 0 Å². The van der Waals surface area contributed by atoms with Gasteiger partial charge in [0.25, 0.3) is 5.91 Å². The summed E-state index contributed by atoms with van der Waals surface area (Å²) in [6.07, 6.45) is -0.0954. The van der Waals surface area contributed by atoms with Crippen LogP contribution in [0, 0.1) is 11.6 Å². The third-order valence-corrected chi connectivity index (χ3v) is 6.05. The first kappa shape index (κ1) is 25.9. The zero-order chi connectivity index (χ0) is 26.7. The second kappa shape index (κ2) is 10.8. The van der Waals surface area contributed by atoms with E-state index in [4.69, 9.17) is 9.26 Å². The number of halogens is 2. The summed E-state index contributed by atoms with van der Waals surface area (Å²) in [4.78, 5) is 52.2. The molecule has 2 atom stereocenters. The molecule has 0 spiro atoms. The van der Waals surface area contributed by atoms with Gasteiger partial charge in [-0.3, -0.25) is 19.3 Å². The number of hydrogen-bond donors (Lipinski definition) is 2. The summed E-state index contributed by atoms with van der Waals surface area (Å²) in [5, 5.41) is 8.52. The molecule has 1 aromatic carbocycles. The molecule has 4 amide bonds. The first-order chi connectivity index (χ1) is 17.6. The lowest BCUT2D eigenvalue weighted by atomic mass is 10.1. The normalized spacial score (nSPS) is 18.4. The van der Waals surface area contributed by atoms with E-state index in [-0.39, 0.29) is 68.2 Å². The fraction of sp³-hybridized carbons (Fsp3) is 0.435. The number of rotatable bonds is 7. The van der Waals surface area contributed by atoms with Gasteiger partial charge in [0.1, 0.15) is 17.8 Å². The highest BCUT2D eigenvalue weighted by Crippen LogP contribution is 2.31. The molecule has 0 aliphatic carbocycles. The minimum atomic E-state index is -0.861. The van der Waals surface area contributed by atoms with Gasteiger partial charge in [-0.2, -0.15) is 0 Å². The fourth-order valence-corrected chi connectivity index (χ4v) is 4.19. The maximum atomic E-state index is 15.0. The lowest BCUT2D eigenvalue weighted by molar-refractivity contribution is -0.133. The van der Waals surface area contributed by atoms with Crippen LogP contribution in [0.15, 0.2) is 28.9 Å². The molecule has 0 bridgehead atoms. The first-order valence-corrected chi connectivity index (χ1v) is 11.6. The Hall–Kier alpha value is -4.23. The van der Waals surface area contributed by atoms with Crippen LogP contribution >= 0.6 is 0 Å². The van der Waals surface area contributed by atoms with Crippen molar-refractivity contribution in [2.24, 2.45) is 0 Å². The average molecular weight is 520 g/mol. The highest BCUT2D eigenvalue weighted by molar-refractivity contribution is 5.95. The molecule has 2 aromatic rings. The predicted octanol–water partition coefficient (Wildman–Crippen LogP) is 0.881. The summed E-state index contributed by atoms with van der Waals surface area (Å²) in [6, 6.07) is 2.64. The Morgan fingerprint density at radius 1 is 1.16 bits per heavy atom. The summed E-state index contributed by atoms with van der Waals surface area (Å²) in [6.45, 7) is 3.67. The molecule has 2 aliphatic heterocycles. The quantitative estimate of drug-likeness (QED) is 0.549. The second-order valence-electron chi connectivity index (χ2n) is 8.70. The zero-order valence-corrected chi connectivity index (χ0v) is 20.2. The summed E-state index contributed by atoms with van der Waals surface area (Å²) in [7, 11) is 0. The van der Waals surface area contributed by atoms with Crippen LogP contribution in [0.1, 0.15) is 24.4 Å². The van der Waals surface area contributed by atoms with E-state index in [1.165, 1.54) is 35.9 Å². The fourth-order valence-electron chi connectivity index (χ4n) is 4.19. The summed E-state index contributed by atoms with van der Waals surface area (Å²) in [5.74, 6) is -2.96. The van der Waals surface area contributed by atoms with Crippen molar-refractivity contribution in [1.82, 2.24) is 20.7 Å². The number of carbonyl (C=O) groups excluding carboxylic acids is 4. The monoisotopic (exact) mass is 520 g/mol. The molecule has 0 saturated carbocycles. The molecule has 2 unspecified atom stereocenters. The van der Waals surface area contributed by atoms with Gasteiger partial charge in [0.2, 0.25) is 17.6 Å². The van der Waals surface area contributed by atoms with Gasteiger partial charge in [-0.1, -0.05) is 5.16 Å². The van der Waals surface area contributed by atoms with Crippen molar-refractivity contribution in [3.8, 4) is 0 Å². The minimum Gasteiger partial charge on any atom is -0.442 e. The van der Waals surface area contributed by atoms with Gasteiger partial charge in [-0.25, -0.2) is 13.6 Å². The molecule has 2 aliphatic rings. The number of aromatic nitrogens is 1. The Morgan fingerprint density at radius 3 is 2.43 bits per heavy atom. The summed E-state index contributed by atoms with van der Waals surface area (Å²) < 4.78 is 40.0. The summed E-state index contributed by atoms with van der Waals surface area (Å²) in [5.41, 5.74) is -0.260. The van der Waals surface area contributed by atoms with Crippen molar-refractivity contribution in [2.75, 3.05) is 49.1 Å². The van der Waals surface area contributed by atoms with E-state index in [0.717, 1.165) is 17.0 Å². The van der Waals surface area contributed by atoms with Gasteiger partial charge in [0, 0.05) is 51.3 Å². The topological polar surface area (TPSA) is 137 Å². The number of piperazine rings is 1. The highest BCUT2D eigenvalue weighted by Gasteiger charge is 2.34. The van der Waals surface area contributed by atoms with E-state index in [1.54, 1.807) is 0 Å². The van der Waals surface area contributed by atoms with E-state index in [1.807, 2.05) is 0 Å². The smallest absolute Gasteiger partial charge is 0.414 e. The molecule has 37 heavy (non-hydrogen) atoms. The van der Waals surface area contributed by atoms with Gasteiger partial charge >= 0.3 is 6.09 Å². The van der Waals surface area contributed by atoms with Gasteiger partial charge in [-0.15, -0.1) is 0 Å². The third-order valence-electron chi connectivity index (χ3n) is 6.05. The molecule has 0 radical (unpaired) electrons. The SMILES string of the molecule is CC(=O)NCC1CN(c2cc(F)c(N3CCN(C(=O)C(C)NC(=O)c4ccno4)CC3)c(F)c2)C(=O)O1. The lowest BCUT2D eigenvalue weighted by Gasteiger charge is -2.37. The second-order valence-corrected chi connectivity index (χ2v) is 8.70. The maximum Gasteiger partial charge on any atom is 0.414 e. The molecule has 14 heteroatoms. The molecule has 1 aromatic heterocycles. The molecule has 12 nitrogen and oxygen atoms in total. The lowest BCUT2D eigenvalue weighted by Crippen LogP contribution is -2.54. The number of cyclic esters (lactones) is 1. The first-order valence-electron chi connectivity index (χ1n) is 11.6. The molecule has 2 fully saturated rings. The molecule has 4 rings (SSSR count). The third kappa shape index (κ3) is 5.78. The van der Waals surface area contributed by atoms with Crippen molar-refractivity contribution in [3.05, 3.63) is 41.8 Å². The largest absolute Gasteiger partial charge is 0.442 e. The minimum absolute atomic E-state index is 0.000730. The van der Waals surface area contributed by atoms with Gasteiger partial charge in [0.05, 0.1) is 25.0 Å². The van der Waals surface area contributed by atoms with Crippen LogP contribution in [0.25, 0.3) is 0 Å². The van der Waals surface area contributed by atoms with Gasteiger partial charge in [0.15, 0.2) is 11.6 Å². The highest BCUT2D eigenvalue weighted by atomic mass is 19.1. The zero-order valence-electron chi connectivity index (χ0n) is 20.2. The van der Waals surface area contributed by atoms with Crippen LogP contribution in [0.5, 0.6) is 0 Å². The number of ether oxygens (including phenoxy) is 1. The maximum absolute atomic E-state index is 15.0. The molecule has 198 valence electrons. The Labute approximate surface area is 210 Å². The standard InChI is InChI=1S/C23H26F2N6O6/c1-13(28-21(33)19-3-4-27-37-19)22(34)30-7-5-29(6-8-30)20-17(24)9-15(10-18(20)25)31-12-16(36-23(31)35)11-26-14(2)32/h3-4,9-10,13,16H,5-8,11-12H2,1-2H3,(H,26,32)(H,28,33). The molecule has 3 heterocycles. The van der Waals surface area contributed by atoms with Crippen LogP contribution in [0.2, 0.25) is 0 Å². The van der Waals surface area contributed by atoms with Gasteiger partial charge < -0.3 is 29.7 Å². The van der Waals surface area contributed by atoms with E-state index in [9.17, 15) is 19.2 Å². The average Bonchev–Trinajstić information content (AvgIpc) is 3.52. The van der Waals surface area contributed by atoms with Gasteiger partial charge in [-0.05, 0) is 6.92 Å².